The van der Waals surface area contributed by atoms with E-state index in [9.17, 15) is 4.79 Å². The lowest BCUT2D eigenvalue weighted by atomic mass is 9.99. The van der Waals surface area contributed by atoms with Crippen molar-refractivity contribution < 1.29 is 4.79 Å². The van der Waals surface area contributed by atoms with E-state index in [-0.39, 0.29) is 11.4 Å². The van der Waals surface area contributed by atoms with Gasteiger partial charge in [-0.2, -0.15) is 0 Å². The molecule has 1 heterocycles. The highest BCUT2D eigenvalue weighted by molar-refractivity contribution is 5.83. The van der Waals surface area contributed by atoms with Crippen LogP contribution < -0.4 is 10.2 Å². The molecule has 1 N–H and O–H groups in total. The smallest absolute Gasteiger partial charge is 0.239 e. The number of rotatable bonds is 1. The molecule has 1 amide bonds. The number of nitrogens with zero attached hydrogens (tertiary/aromatic N) is 1. The second-order valence-electron chi connectivity index (χ2n) is 4.51. The molecule has 0 atom stereocenters. The van der Waals surface area contributed by atoms with Crippen molar-refractivity contribution in [1.82, 2.24) is 5.32 Å². The zero-order chi connectivity index (χ0) is 10.9. The zero-order valence-electron chi connectivity index (χ0n) is 9.16. The van der Waals surface area contributed by atoms with Crippen molar-refractivity contribution in [2.24, 2.45) is 0 Å². The molecule has 1 aliphatic rings. The summed E-state index contributed by atoms with van der Waals surface area (Å²) in [6.07, 6.45) is 0. The van der Waals surface area contributed by atoms with E-state index < -0.39 is 0 Å². The Bertz CT molecular complexity index is 359. The van der Waals surface area contributed by atoms with Crippen LogP contribution in [0.4, 0.5) is 5.69 Å². The van der Waals surface area contributed by atoms with Gasteiger partial charge >= 0.3 is 0 Å². The lowest BCUT2D eigenvalue weighted by Crippen LogP contribution is -2.60. The number of nitrogens with one attached hydrogen (secondary N) is 1. The maximum atomic E-state index is 11.4. The van der Waals surface area contributed by atoms with E-state index in [0.29, 0.717) is 13.1 Å². The van der Waals surface area contributed by atoms with Crippen LogP contribution in [0.15, 0.2) is 30.3 Å². The molecule has 0 spiro atoms. The van der Waals surface area contributed by atoms with Gasteiger partial charge in [-0.05, 0) is 26.0 Å². The largest absolute Gasteiger partial charge is 0.355 e. The highest BCUT2D eigenvalue weighted by atomic mass is 16.2. The van der Waals surface area contributed by atoms with E-state index >= 15 is 0 Å². The third-order valence-electron chi connectivity index (χ3n) is 2.82. The number of para-hydroxylation sites is 1. The van der Waals surface area contributed by atoms with Gasteiger partial charge in [-0.1, -0.05) is 18.2 Å². The predicted octanol–water partition coefficient (Wildman–Crippen LogP) is 1.40. The van der Waals surface area contributed by atoms with Gasteiger partial charge in [0.15, 0.2) is 0 Å². The Labute approximate surface area is 90.1 Å². The fourth-order valence-corrected chi connectivity index (χ4v) is 1.87. The summed E-state index contributed by atoms with van der Waals surface area (Å²) in [7, 11) is 0. The summed E-state index contributed by atoms with van der Waals surface area (Å²) in [6, 6.07) is 10.1. The summed E-state index contributed by atoms with van der Waals surface area (Å²) in [4.78, 5) is 13.5. The van der Waals surface area contributed by atoms with E-state index in [2.05, 4.69) is 24.1 Å². The molecule has 3 nitrogen and oxygen atoms in total. The summed E-state index contributed by atoms with van der Waals surface area (Å²) in [6.45, 7) is 5.41. The molecule has 2 rings (SSSR count). The molecule has 15 heavy (non-hydrogen) atoms. The van der Waals surface area contributed by atoms with Gasteiger partial charge in [0.2, 0.25) is 5.91 Å². The summed E-state index contributed by atoms with van der Waals surface area (Å²) < 4.78 is 0. The molecule has 80 valence electrons. The molecule has 3 heteroatoms. The molecule has 1 fully saturated rings. The van der Waals surface area contributed by atoms with Gasteiger partial charge in [0.1, 0.15) is 0 Å². The lowest BCUT2D eigenvalue weighted by molar-refractivity contribution is -0.121. The van der Waals surface area contributed by atoms with Crippen molar-refractivity contribution in [2.45, 2.75) is 19.4 Å². The molecule has 1 saturated heterocycles. The van der Waals surface area contributed by atoms with E-state index in [1.165, 1.54) is 0 Å². The quantitative estimate of drug-likeness (QED) is 0.750. The first kappa shape index (κ1) is 10.0. The van der Waals surface area contributed by atoms with Crippen LogP contribution in [-0.2, 0) is 4.79 Å². The highest BCUT2D eigenvalue weighted by Gasteiger charge is 2.32. The van der Waals surface area contributed by atoms with Gasteiger partial charge in [0, 0.05) is 12.2 Å². The van der Waals surface area contributed by atoms with Crippen molar-refractivity contribution in [3.8, 4) is 0 Å². The molecule has 0 saturated carbocycles. The third kappa shape index (κ3) is 1.96. The average molecular weight is 204 g/mol. The fraction of sp³-hybridized carbons (Fsp3) is 0.417. The van der Waals surface area contributed by atoms with Gasteiger partial charge in [0.05, 0.1) is 12.1 Å². The Hall–Kier alpha value is -1.51. The highest BCUT2D eigenvalue weighted by Crippen LogP contribution is 2.24. The van der Waals surface area contributed by atoms with Crippen LogP contribution in [0.1, 0.15) is 13.8 Å². The van der Waals surface area contributed by atoms with Crippen molar-refractivity contribution >= 4 is 11.6 Å². The first-order valence-corrected chi connectivity index (χ1v) is 5.19. The van der Waals surface area contributed by atoms with Gasteiger partial charge in [0.25, 0.3) is 0 Å². The Morgan fingerprint density at radius 3 is 2.60 bits per heavy atom. The minimum atomic E-state index is -0.0186. The maximum Gasteiger partial charge on any atom is 0.239 e. The normalized spacial score (nSPS) is 19.9. The minimum absolute atomic E-state index is 0.0186. The number of amides is 1. The van der Waals surface area contributed by atoms with Crippen molar-refractivity contribution in [3.05, 3.63) is 30.3 Å². The SMILES string of the molecule is CC1(C)CNC(=O)CN1c1ccccc1. The molecule has 1 aromatic carbocycles. The van der Waals surface area contributed by atoms with E-state index in [1.807, 2.05) is 30.3 Å². The molecule has 0 radical (unpaired) electrons. The summed E-state index contributed by atoms with van der Waals surface area (Å²) in [5, 5.41) is 2.89. The molecule has 0 unspecified atom stereocenters. The standard InChI is InChI=1S/C12H16N2O/c1-12(2)9-13-11(15)8-14(12)10-6-4-3-5-7-10/h3-7H,8-9H2,1-2H3,(H,13,15). The third-order valence-corrected chi connectivity index (χ3v) is 2.82. The summed E-state index contributed by atoms with van der Waals surface area (Å²) in [5.41, 5.74) is 1.09. The second kappa shape index (κ2) is 3.57. The molecule has 0 bridgehead atoms. The van der Waals surface area contributed by atoms with Crippen LogP contribution in [-0.4, -0.2) is 24.5 Å². The molecule has 0 aliphatic carbocycles. The maximum absolute atomic E-state index is 11.4. The molecule has 0 aromatic heterocycles. The first-order valence-electron chi connectivity index (χ1n) is 5.19. The predicted molar refractivity (Wildman–Crippen MR) is 60.9 cm³/mol. The lowest BCUT2D eigenvalue weighted by Gasteiger charge is -2.43. The summed E-state index contributed by atoms with van der Waals surface area (Å²) in [5.74, 6) is 0.0955. The van der Waals surface area contributed by atoms with E-state index in [4.69, 9.17) is 0 Å². The number of hydrogen-bond acceptors (Lipinski definition) is 2. The molecular weight excluding hydrogens is 188 g/mol. The van der Waals surface area contributed by atoms with Crippen LogP contribution in [0.5, 0.6) is 0 Å². The van der Waals surface area contributed by atoms with E-state index in [1.54, 1.807) is 0 Å². The van der Waals surface area contributed by atoms with Crippen LogP contribution >= 0.6 is 0 Å². The van der Waals surface area contributed by atoms with Gasteiger partial charge in [-0.15, -0.1) is 0 Å². The Morgan fingerprint density at radius 1 is 1.27 bits per heavy atom. The fourth-order valence-electron chi connectivity index (χ4n) is 1.87. The van der Waals surface area contributed by atoms with Gasteiger partial charge < -0.3 is 10.2 Å². The number of carbonyl (C=O) groups excluding carboxylic acids is 1. The molecule has 1 aliphatic heterocycles. The molecule has 1 aromatic rings. The Balaban J connectivity index is 2.29. The number of carbonyl (C=O) groups is 1. The van der Waals surface area contributed by atoms with Crippen molar-refractivity contribution in [2.75, 3.05) is 18.0 Å². The number of benzene rings is 1. The number of anilines is 1. The first-order chi connectivity index (χ1) is 7.09. The van der Waals surface area contributed by atoms with Gasteiger partial charge in [-0.3, -0.25) is 4.79 Å². The number of hydrogen-bond donors (Lipinski definition) is 1. The second-order valence-corrected chi connectivity index (χ2v) is 4.51. The van der Waals surface area contributed by atoms with Crippen LogP contribution in [0, 0.1) is 0 Å². The van der Waals surface area contributed by atoms with Crippen LogP contribution in [0.2, 0.25) is 0 Å². The van der Waals surface area contributed by atoms with Crippen molar-refractivity contribution in [1.29, 1.82) is 0 Å². The Kier molecular flexibility index (Phi) is 2.39. The average Bonchev–Trinajstić information content (AvgIpc) is 2.23. The topological polar surface area (TPSA) is 32.3 Å². The Morgan fingerprint density at radius 2 is 1.93 bits per heavy atom. The summed E-state index contributed by atoms with van der Waals surface area (Å²) >= 11 is 0. The number of piperazine rings is 1. The van der Waals surface area contributed by atoms with Gasteiger partial charge in [-0.25, -0.2) is 0 Å². The minimum Gasteiger partial charge on any atom is -0.355 e. The zero-order valence-corrected chi connectivity index (χ0v) is 9.16. The monoisotopic (exact) mass is 204 g/mol. The molecular formula is C12H16N2O. The van der Waals surface area contributed by atoms with E-state index in [0.717, 1.165) is 5.69 Å². The van der Waals surface area contributed by atoms with Crippen LogP contribution in [0.25, 0.3) is 0 Å². The van der Waals surface area contributed by atoms with Crippen LogP contribution in [0.3, 0.4) is 0 Å². The van der Waals surface area contributed by atoms with Crippen molar-refractivity contribution in [3.63, 3.8) is 0 Å².